The molecule has 4 rings (SSSR count). The number of anilines is 1. The van der Waals surface area contributed by atoms with Crippen molar-refractivity contribution in [3.05, 3.63) is 103 Å². The minimum atomic E-state index is -4.73. The van der Waals surface area contributed by atoms with Crippen molar-refractivity contribution in [2.24, 2.45) is 0 Å². The largest absolute Gasteiger partial charge is 1.00 e. The summed E-state index contributed by atoms with van der Waals surface area (Å²) in [5.41, 5.74) is 0.859. The topological polar surface area (TPSA) is 315 Å². The molecule has 0 fully saturated rings. The molecule has 18 nitrogen and oxygen atoms in total. The normalized spacial score (nSPS) is 10.7. The first-order chi connectivity index (χ1) is 24.1. The van der Waals surface area contributed by atoms with Crippen LogP contribution < -0.4 is 121 Å². The molecule has 0 atom stereocenters. The van der Waals surface area contributed by atoms with E-state index in [4.69, 9.17) is 26.3 Å². The molecule has 55 heavy (non-hydrogen) atoms. The zero-order chi connectivity index (χ0) is 38.1. The van der Waals surface area contributed by atoms with Crippen LogP contribution in [0.1, 0.15) is 0 Å². The second kappa shape index (κ2) is 30.1. The Morgan fingerprint density at radius 3 is 1.64 bits per heavy atom. The molecule has 26 heteroatoms. The van der Waals surface area contributed by atoms with Gasteiger partial charge in [0.25, 0.3) is 0 Å². The van der Waals surface area contributed by atoms with Crippen molar-refractivity contribution < 1.29 is 175 Å². The Bertz CT molecular complexity index is 1850. The van der Waals surface area contributed by atoms with E-state index in [1.165, 1.54) is 24.3 Å². The van der Waals surface area contributed by atoms with Gasteiger partial charge in [-0.05, 0) is 66.7 Å². The molecule has 0 aliphatic carbocycles. The van der Waals surface area contributed by atoms with E-state index in [2.05, 4.69) is 25.1 Å². The van der Waals surface area contributed by atoms with Crippen LogP contribution in [0.4, 0.5) is 5.82 Å². The van der Waals surface area contributed by atoms with Crippen molar-refractivity contribution in [2.75, 3.05) is 31.8 Å². The molecule has 1 radical (unpaired) electrons. The summed E-state index contributed by atoms with van der Waals surface area (Å²) in [6.45, 7) is -1.98. The third kappa shape index (κ3) is 21.2. The number of pyridine rings is 1. The van der Waals surface area contributed by atoms with Crippen molar-refractivity contribution in [3.63, 3.8) is 0 Å². The van der Waals surface area contributed by atoms with Crippen LogP contribution in [0.15, 0.2) is 112 Å². The summed E-state index contributed by atoms with van der Waals surface area (Å²) < 4.78 is 73.4. The second-order valence-electron chi connectivity index (χ2n) is 9.93. The number of aliphatic hydroxyl groups is 3. The SMILES string of the molecule is O=C(O)CNC(CO)(CO)CO.O=S(=O)([O-])c1cccc([PH+](c2cccc(SOO[O-])c2)c2cccc(S(=O)(=O)[O-])c2)c1.[NH-]Nc1ccccn1.[Na+].[Na+].[Na+].[Tc]. The average Bonchev–Trinajstić information content (AvgIpc) is 3.12. The molecule has 0 saturated heterocycles. The molecule has 1 aromatic heterocycles. The molecule has 0 aliphatic rings. The second-order valence-corrected chi connectivity index (χ2v) is 15.9. The van der Waals surface area contributed by atoms with Gasteiger partial charge in [-0.1, -0.05) is 24.3 Å². The third-order valence-electron chi connectivity index (χ3n) is 6.42. The number of rotatable bonds is 15. The van der Waals surface area contributed by atoms with Gasteiger partial charge >= 0.3 is 94.6 Å². The molecular formula is C29H32N4Na3O14PS3Tc. The zero-order valence-corrected chi connectivity index (χ0v) is 40.8. The van der Waals surface area contributed by atoms with E-state index < -0.39 is 75.8 Å². The Hall–Kier alpha value is 0.00935. The third-order valence-corrected chi connectivity index (χ3v) is 11.3. The smallest absolute Gasteiger partial charge is 0.744 e. The number of hydrogen-bond acceptors (Lipinski definition) is 17. The summed E-state index contributed by atoms with van der Waals surface area (Å²) in [7, 11) is -11.5. The molecule has 0 saturated carbocycles. The van der Waals surface area contributed by atoms with Crippen LogP contribution >= 0.6 is 20.0 Å². The Kier molecular flexibility index (Phi) is 32.5. The minimum Gasteiger partial charge on any atom is -0.744 e. The van der Waals surface area contributed by atoms with Gasteiger partial charge in [0.2, 0.25) is 0 Å². The maximum absolute atomic E-state index is 11.5. The maximum atomic E-state index is 11.5. The first kappa shape index (κ1) is 59.3. The molecule has 1 heterocycles. The molecule has 7 N–H and O–H groups in total. The van der Waals surface area contributed by atoms with Crippen molar-refractivity contribution in [1.82, 2.24) is 10.3 Å². The summed E-state index contributed by atoms with van der Waals surface area (Å²) in [6.07, 6.45) is 1.64. The predicted molar refractivity (Wildman–Crippen MR) is 182 cm³/mol. The van der Waals surface area contributed by atoms with Gasteiger partial charge in [-0.3, -0.25) is 15.1 Å². The molecule has 0 amide bonds. The minimum absolute atomic E-state index is 0. The Labute approximate surface area is 402 Å². The summed E-state index contributed by atoms with van der Waals surface area (Å²) in [6, 6.07) is 22.8. The number of nitrogens with one attached hydrogen (secondary N) is 3. The van der Waals surface area contributed by atoms with E-state index in [0.717, 1.165) is 12.1 Å². The number of aromatic nitrogens is 1. The fraction of sp³-hybridized carbons (Fsp3) is 0.172. The van der Waals surface area contributed by atoms with Crippen molar-refractivity contribution >= 4 is 67.9 Å². The summed E-state index contributed by atoms with van der Waals surface area (Å²) in [5, 5.41) is 51.8. The Morgan fingerprint density at radius 1 is 0.800 bits per heavy atom. The van der Waals surface area contributed by atoms with Crippen LogP contribution in [-0.2, 0) is 54.5 Å². The molecule has 0 spiro atoms. The number of nitrogens with zero attached hydrogens (tertiary/aromatic N) is 1. The first-order valence-corrected chi connectivity index (χ1v) is 19.0. The number of aliphatic hydroxyl groups excluding tert-OH is 3. The van der Waals surface area contributed by atoms with Crippen LogP contribution in [0.3, 0.4) is 0 Å². The van der Waals surface area contributed by atoms with Crippen LogP contribution in [0, 0.1) is 0 Å². The molecular weight excluding hydrogens is 922 g/mol. The number of hydrogen-bond donors (Lipinski definition) is 6. The maximum Gasteiger partial charge on any atom is 1.00 e. The standard InChI is InChI=1S/C18H15O9PS3.C6H13NO5.C5H6N3.3Na.Tc/c19-26-27-29-16-7-1-4-13(10-16)28(14-5-2-8-17(11-14)30(20,21)22)15-6-3-9-18(12-15)31(23,24)25;8-2-6(3-9,4-10)7-1-5(11)12;6-8-5-3-1-2-4-7-5;;;;/h1-12,19H,(H,20,21,22)(H,23,24,25);7-10H,1-4H2,(H,11,12);1-4,6H,(H,7,8);;;;/q;;-1;3*+1;/p-2. The fourth-order valence-electron chi connectivity index (χ4n) is 3.89. The van der Waals surface area contributed by atoms with E-state index in [9.17, 15) is 36.0 Å². The molecule has 0 bridgehead atoms. The molecule has 4 aromatic rings. The zero-order valence-electron chi connectivity index (χ0n) is 29.5. The van der Waals surface area contributed by atoms with Crippen LogP contribution in [0.2, 0.25) is 0 Å². The van der Waals surface area contributed by atoms with E-state index in [1.54, 1.807) is 54.7 Å². The van der Waals surface area contributed by atoms with Crippen molar-refractivity contribution in [2.45, 2.75) is 20.2 Å². The van der Waals surface area contributed by atoms with Crippen molar-refractivity contribution in [1.29, 1.82) is 0 Å². The number of benzene rings is 3. The van der Waals surface area contributed by atoms with Crippen molar-refractivity contribution in [3.8, 4) is 0 Å². The summed E-state index contributed by atoms with van der Waals surface area (Å²) >= 11 is 0.647. The fourth-order valence-corrected chi connectivity index (χ4v) is 8.34. The summed E-state index contributed by atoms with van der Waals surface area (Å²) in [4.78, 5) is 13.5. The van der Waals surface area contributed by atoms with Gasteiger partial charge in [0.1, 0.15) is 42.0 Å². The molecule has 3 aromatic carbocycles. The van der Waals surface area contributed by atoms with Crippen LogP contribution in [0.25, 0.3) is 5.84 Å². The van der Waals surface area contributed by atoms with Gasteiger partial charge in [-0.2, -0.15) is 4.33 Å². The van der Waals surface area contributed by atoms with E-state index in [1.807, 2.05) is 6.07 Å². The quantitative estimate of drug-likeness (QED) is 0.0161. The predicted octanol–water partition coefficient (Wildman–Crippen LogP) is -9.94. The van der Waals surface area contributed by atoms with Gasteiger partial charge in [0, 0.05) is 31.2 Å². The number of carboxylic acid groups (broad SMARTS) is 1. The molecule has 0 unspecified atom stereocenters. The number of carboxylic acids is 1. The molecule has 0 aliphatic heterocycles. The van der Waals surface area contributed by atoms with Gasteiger partial charge in [0.15, 0.2) is 0 Å². The number of carbonyl (C=O) groups is 1. The first-order valence-electron chi connectivity index (χ1n) is 14.0. The van der Waals surface area contributed by atoms with Gasteiger partial charge < -0.3 is 46.1 Å². The van der Waals surface area contributed by atoms with Gasteiger partial charge in [0.05, 0.1) is 61.7 Å². The Morgan fingerprint density at radius 2 is 1.27 bits per heavy atom. The van der Waals surface area contributed by atoms with Crippen LogP contribution in [-0.4, -0.2) is 89.2 Å². The van der Waals surface area contributed by atoms with Gasteiger partial charge in [-0.25, -0.2) is 21.8 Å². The monoisotopic (exact) mass is 953 g/mol. The molecule has 285 valence electrons. The van der Waals surface area contributed by atoms with E-state index >= 15 is 0 Å². The van der Waals surface area contributed by atoms with E-state index in [0.29, 0.717) is 38.7 Å². The van der Waals surface area contributed by atoms with E-state index in [-0.39, 0.29) is 109 Å². The summed E-state index contributed by atoms with van der Waals surface area (Å²) in [5.74, 6) is 6.09. The van der Waals surface area contributed by atoms with Crippen LogP contribution in [0.5, 0.6) is 0 Å². The van der Waals surface area contributed by atoms with Gasteiger partial charge in [-0.15, -0.1) is 0 Å². The average molecular weight is 955 g/mol. The Balaban J connectivity index is -0.000000937. The number of aliphatic carboxylic acids is 1.